The molecule has 0 radical (unpaired) electrons. The van der Waals surface area contributed by atoms with E-state index in [4.69, 9.17) is 5.11 Å². The Hall–Kier alpha value is -2.29. The minimum atomic E-state index is -3.66. The molecule has 0 fully saturated rings. The fourth-order valence-corrected chi connectivity index (χ4v) is 3.10. The molecular weight excluding hydrogens is 296 g/mol. The highest BCUT2D eigenvalue weighted by Crippen LogP contribution is 2.14. The quantitative estimate of drug-likeness (QED) is 0.748. The number of carbonyl (C=O) groups is 1. The van der Waals surface area contributed by atoms with Crippen LogP contribution in [-0.2, 0) is 14.6 Å². The average Bonchev–Trinajstić information content (AvgIpc) is 2.95. The van der Waals surface area contributed by atoms with Gasteiger partial charge in [-0.1, -0.05) is 23.3 Å². The van der Waals surface area contributed by atoms with Crippen LogP contribution >= 0.6 is 0 Å². The summed E-state index contributed by atoms with van der Waals surface area (Å²) in [5.41, 5.74) is 0.548. The summed E-state index contributed by atoms with van der Waals surface area (Å²) in [7, 11) is -3.66. The predicted octanol–water partition coefficient (Wildman–Crippen LogP) is 0.691. The van der Waals surface area contributed by atoms with Gasteiger partial charge < -0.3 is 5.11 Å². The molecule has 21 heavy (non-hydrogen) atoms. The van der Waals surface area contributed by atoms with E-state index in [0.29, 0.717) is 12.1 Å². The van der Waals surface area contributed by atoms with Crippen LogP contribution in [0.5, 0.6) is 0 Å². The molecule has 1 aromatic carbocycles. The Balaban J connectivity index is 2.15. The van der Waals surface area contributed by atoms with Crippen LogP contribution in [0.1, 0.15) is 19.3 Å². The first kappa shape index (κ1) is 15.1. The largest absolute Gasteiger partial charge is 0.481 e. The van der Waals surface area contributed by atoms with E-state index in [2.05, 4.69) is 15.5 Å². The van der Waals surface area contributed by atoms with Crippen LogP contribution in [0, 0.1) is 0 Å². The second-order valence-corrected chi connectivity index (χ2v) is 6.38. The Bertz CT molecular complexity index is 712. The molecule has 0 atom stereocenters. The van der Waals surface area contributed by atoms with Crippen molar-refractivity contribution in [2.45, 2.75) is 24.4 Å². The molecule has 0 bridgehead atoms. The number of sulfone groups is 1. The molecule has 2 aromatic rings. The fraction of sp³-hybridized carbons (Fsp3) is 0.333. The van der Waals surface area contributed by atoms with Crippen LogP contribution in [0.2, 0.25) is 0 Å². The standard InChI is InChI=1S/C12H14N4O4S/c17-11(18)8-4-5-9-21(19,20)12-13-14-15-16(12)10-6-2-1-3-7-10/h1-3,6-7H,4-5,8-9H2,(H,17,18). The van der Waals surface area contributed by atoms with Gasteiger partial charge in [-0.3, -0.25) is 4.79 Å². The summed E-state index contributed by atoms with van der Waals surface area (Å²) >= 11 is 0. The topological polar surface area (TPSA) is 115 Å². The third kappa shape index (κ3) is 3.85. The molecular formula is C12H14N4O4S. The molecule has 8 nitrogen and oxygen atoms in total. The number of para-hydroxylation sites is 1. The summed E-state index contributed by atoms with van der Waals surface area (Å²) < 4.78 is 25.6. The highest BCUT2D eigenvalue weighted by atomic mass is 32.2. The van der Waals surface area contributed by atoms with Gasteiger partial charge in [-0.15, -0.1) is 0 Å². The molecule has 0 amide bonds. The number of aromatic nitrogens is 4. The molecule has 1 aromatic heterocycles. The van der Waals surface area contributed by atoms with E-state index < -0.39 is 15.8 Å². The second kappa shape index (κ2) is 6.44. The first-order valence-electron chi connectivity index (χ1n) is 6.29. The zero-order valence-corrected chi connectivity index (χ0v) is 11.9. The molecule has 0 saturated heterocycles. The Morgan fingerprint density at radius 1 is 1.19 bits per heavy atom. The number of carboxylic acids is 1. The number of aliphatic carboxylic acids is 1. The van der Waals surface area contributed by atoms with Crippen molar-refractivity contribution in [2.75, 3.05) is 5.75 Å². The Morgan fingerprint density at radius 2 is 1.90 bits per heavy atom. The predicted molar refractivity (Wildman–Crippen MR) is 72.7 cm³/mol. The molecule has 0 unspecified atom stereocenters. The van der Waals surface area contributed by atoms with E-state index in [1.807, 2.05) is 0 Å². The molecule has 0 saturated carbocycles. The van der Waals surface area contributed by atoms with E-state index in [1.54, 1.807) is 30.3 Å². The second-order valence-electron chi connectivity index (χ2n) is 4.38. The van der Waals surface area contributed by atoms with Crippen molar-refractivity contribution >= 4 is 15.8 Å². The number of hydrogen-bond donors (Lipinski definition) is 1. The average molecular weight is 310 g/mol. The summed E-state index contributed by atoms with van der Waals surface area (Å²) in [4.78, 5) is 10.4. The van der Waals surface area contributed by atoms with Crippen molar-refractivity contribution < 1.29 is 18.3 Å². The Labute approximate surface area is 121 Å². The van der Waals surface area contributed by atoms with Crippen LogP contribution in [0.4, 0.5) is 0 Å². The molecule has 112 valence electrons. The van der Waals surface area contributed by atoms with E-state index in [9.17, 15) is 13.2 Å². The maximum atomic E-state index is 12.2. The zero-order chi connectivity index (χ0) is 15.3. The van der Waals surface area contributed by atoms with Gasteiger partial charge in [-0.05, 0) is 35.4 Å². The normalized spacial score (nSPS) is 11.4. The summed E-state index contributed by atoms with van der Waals surface area (Å²) in [5, 5.41) is 19.0. The van der Waals surface area contributed by atoms with Gasteiger partial charge in [-0.25, -0.2) is 8.42 Å². The van der Waals surface area contributed by atoms with Crippen molar-refractivity contribution in [3.8, 4) is 5.69 Å². The van der Waals surface area contributed by atoms with Crippen LogP contribution in [0.25, 0.3) is 5.69 Å². The van der Waals surface area contributed by atoms with Gasteiger partial charge in [0.15, 0.2) is 0 Å². The van der Waals surface area contributed by atoms with Gasteiger partial charge in [-0.2, -0.15) is 4.68 Å². The van der Waals surface area contributed by atoms with Gasteiger partial charge in [0.25, 0.3) is 5.16 Å². The van der Waals surface area contributed by atoms with Crippen LogP contribution in [0.3, 0.4) is 0 Å². The number of unbranched alkanes of at least 4 members (excludes halogenated alkanes) is 1. The molecule has 2 rings (SSSR count). The van der Waals surface area contributed by atoms with Crippen molar-refractivity contribution in [1.29, 1.82) is 0 Å². The maximum absolute atomic E-state index is 12.2. The molecule has 0 aliphatic rings. The van der Waals surface area contributed by atoms with Gasteiger partial charge in [0.1, 0.15) is 0 Å². The van der Waals surface area contributed by atoms with Crippen molar-refractivity contribution in [1.82, 2.24) is 20.2 Å². The first-order valence-corrected chi connectivity index (χ1v) is 7.94. The first-order chi connectivity index (χ1) is 10.0. The SMILES string of the molecule is O=C(O)CCCCS(=O)(=O)c1nnnn1-c1ccccc1. The molecule has 1 heterocycles. The van der Waals surface area contributed by atoms with E-state index in [-0.39, 0.29) is 23.8 Å². The highest BCUT2D eigenvalue weighted by Gasteiger charge is 2.23. The van der Waals surface area contributed by atoms with E-state index in [0.717, 1.165) is 4.68 Å². The van der Waals surface area contributed by atoms with Gasteiger partial charge in [0.2, 0.25) is 9.84 Å². The van der Waals surface area contributed by atoms with E-state index >= 15 is 0 Å². The molecule has 0 aliphatic carbocycles. The molecule has 0 spiro atoms. The minimum Gasteiger partial charge on any atom is -0.481 e. The Kier molecular flexibility index (Phi) is 4.63. The van der Waals surface area contributed by atoms with Crippen molar-refractivity contribution in [3.05, 3.63) is 30.3 Å². The number of carboxylic acid groups (broad SMARTS) is 1. The lowest BCUT2D eigenvalue weighted by atomic mass is 10.3. The van der Waals surface area contributed by atoms with Crippen LogP contribution in [0.15, 0.2) is 35.5 Å². The third-order valence-electron chi connectivity index (χ3n) is 2.77. The zero-order valence-electron chi connectivity index (χ0n) is 11.1. The highest BCUT2D eigenvalue weighted by molar-refractivity contribution is 7.91. The van der Waals surface area contributed by atoms with Crippen LogP contribution < -0.4 is 0 Å². The molecule has 9 heteroatoms. The van der Waals surface area contributed by atoms with Crippen molar-refractivity contribution in [2.24, 2.45) is 0 Å². The lowest BCUT2D eigenvalue weighted by molar-refractivity contribution is -0.137. The summed E-state index contributed by atoms with van der Waals surface area (Å²) in [6.07, 6.45) is 0.483. The fourth-order valence-electron chi connectivity index (χ4n) is 1.76. The van der Waals surface area contributed by atoms with Crippen LogP contribution in [-0.4, -0.2) is 45.5 Å². The number of nitrogens with zero attached hydrogens (tertiary/aromatic N) is 4. The lowest BCUT2D eigenvalue weighted by Crippen LogP contribution is -2.14. The summed E-state index contributed by atoms with van der Waals surface area (Å²) in [5.74, 6) is -1.13. The Morgan fingerprint density at radius 3 is 2.57 bits per heavy atom. The van der Waals surface area contributed by atoms with Gasteiger partial charge in [0.05, 0.1) is 11.4 Å². The van der Waals surface area contributed by atoms with Gasteiger partial charge >= 0.3 is 5.97 Å². The van der Waals surface area contributed by atoms with Gasteiger partial charge in [0, 0.05) is 6.42 Å². The monoisotopic (exact) mass is 310 g/mol. The number of rotatable bonds is 7. The number of hydrogen-bond acceptors (Lipinski definition) is 6. The van der Waals surface area contributed by atoms with E-state index in [1.165, 1.54) is 0 Å². The van der Waals surface area contributed by atoms with Crippen molar-refractivity contribution in [3.63, 3.8) is 0 Å². The lowest BCUT2D eigenvalue weighted by Gasteiger charge is -2.05. The number of tetrazole rings is 1. The number of benzene rings is 1. The smallest absolute Gasteiger partial charge is 0.303 e. The summed E-state index contributed by atoms with van der Waals surface area (Å²) in [6, 6.07) is 8.69. The summed E-state index contributed by atoms with van der Waals surface area (Å²) in [6.45, 7) is 0. The molecule has 0 aliphatic heterocycles. The molecule has 1 N–H and O–H groups in total. The maximum Gasteiger partial charge on any atom is 0.303 e. The minimum absolute atomic E-state index is 0.0564. The third-order valence-corrected chi connectivity index (χ3v) is 4.41.